The van der Waals surface area contributed by atoms with E-state index in [-0.39, 0.29) is 23.5 Å². The Morgan fingerprint density at radius 3 is 2.36 bits per heavy atom. The van der Waals surface area contributed by atoms with Gasteiger partial charge in [0.2, 0.25) is 11.8 Å². The van der Waals surface area contributed by atoms with E-state index in [0.717, 1.165) is 55.8 Å². The Morgan fingerprint density at radius 2 is 1.66 bits per heavy atom. The number of carbonyl (C=O) groups is 2. The van der Waals surface area contributed by atoms with Crippen molar-refractivity contribution in [2.45, 2.75) is 84.0 Å². The molecule has 2 fully saturated rings. The molecule has 2 saturated heterocycles. The van der Waals surface area contributed by atoms with Crippen molar-refractivity contribution in [1.82, 2.24) is 25.3 Å². The number of rotatable bonds is 11. The molecule has 2 N–H and O–H groups in total. The van der Waals surface area contributed by atoms with Crippen LogP contribution in [0.25, 0.3) is 0 Å². The SMILES string of the molecule is CC(C)CN1CCC(N(CC(C)C)[C@H]2CCN(C(=O)[C@@H](Cc3ccc(F)cc3)NC(=O)[C@@H]3CNCc4ccccc43)C2)CC1. The predicted molar refractivity (Wildman–Crippen MR) is 174 cm³/mol. The van der Waals surface area contributed by atoms with E-state index in [1.807, 2.05) is 29.2 Å². The maximum atomic E-state index is 14.2. The van der Waals surface area contributed by atoms with Crippen LogP contribution in [0.15, 0.2) is 48.5 Å². The number of nitrogens with one attached hydrogen (secondary N) is 2. The number of piperidine rings is 1. The van der Waals surface area contributed by atoms with Gasteiger partial charge in [0.05, 0.1) is 5.92 Å². The summed E-state index contributed by atoms with van der Waals surface area (Å²) in [6, 6.07) is 14.4. The summed E-state index contributed by atoms with van der Waals surface area (Å²) in [5.41, 5.74) is 2.96. The first-order chi connectivity index (χ1) is 21.2. The van der Waals surface area contributed by atoms with Crippen LogP contribution < -0.4 is 10.6 Å². The highest BCUT2D eigenvalue weighted by Gasteiger charge is 2.38. The molecule has 0 aliphatic carbocycles. The molecule has 240 valence electrons. The fourth-order valence-corrected chi connectivity index (χ4v) is 7.46. The van der Waals surface area contributed by atoms with Crippen molar-refractivity contribution in [2.75, 3.05) is 45.8 Å². The number of fused-ring (bicyclic) bond motifs is 1. The smallest absolute Gasteiger partial charge is 0.245 e. The van der Waals surface area contributed by atoms with Gasteiger partial charge in [-0.2, -0.15) is 0 Å². The van der Waals surface area contributed by atoms with Crippen molar-refractivity contribution < 1.29 is 14.0 Å². The molecule has 0 aromatic heterocycles. The first kappa shape index (κ1) is 32.6. The Labute approximate surface area is 263 Å². The molecule has 3 aliphatic rings. The summed E-state index contributed by atoms with van der Waals surface area (Å²) in [6.07, 6.45) is 3.62. The second kappa shape index (κ2) is 15.0. The van der Waals surface area contributed by atoms with Gasteiger partial charge < -0.3 is 20.4 Å². The molecule has 3 heterocycles. The van der Waals surface area contributed by atoms with Crippen LogP contribution in [0, 0.1) is 17.7 Å². The molecule has 5 rings (SSSR count). The van der Waals surface area contributed by atoms with Crippen LogP contribution in [-0.4, -0.2) is 90.5 Å². The van der Waals surface area contributed by atoms with Crippen LogP contribution in [0.4, 0.5) is 4.39 Å². The Morgan fingerprint density at radius 1 is 0.955 bits per heavy atom. The molecular weight excluding hydrogens is 553 g/mol. The molecule has 0 radical (unpaired) electrons. The Hall–Kier alpha value is -2.81. The Bertz CT molecular complexity index is 1240. The minimum absolute atomic E-state index is 0.0431. The van der Waals surface area contributed by atoms with Gasteiger partial charge in [-0.25, -0.2) is 4.39 Å². The molecule has 0 spiro atoms. The van der Waals surface area contributed by atoms with Crippen LogP contribution in [0.5, 0.6) is 0 Å². The average molecular weight is 606 g/mol. The number of benzene rings is 2. The third kappa shape index (κ3) is 8.26. The quantitative estimate of drug-likeness (QED) is 0.397. The number of nitrogens with zero attached hydrogens (tertiary/aromatic N) is 3. The molecule has 2 aromatic carbocycles. The van der Waals surface area contributed by atoms with E-state index in [4.69, 9.17) is 0 Å². The zero-order valence-corrected chi connectivity index (χ0v) is 27.1. The van der Waals surface area contributed by atoms with Crippen LogP contribution in [-0.2, 0) is 22.6 Å². The molecule has 7 nitrogen and oxygen atoms in total. The lowest BCUT2D eigenvalue weighted by molar-refractivity contribution is -0.136. The fraction of sp³-hybridized carbons (Fsp3) is 0.611. The first-order valence-electron chi connectivity index (χ1n) is 16.8. The van der Waals surface area contributed by atoms with E-state index in [9.17, 15) is 14.0 Å². The summed E-state index contributed by atoms with van der Waals surface area (Å²) in [6.45, 7) is 16.2. The zero-order valence-electron chi connectivity index (χ0n) is 27.1. The minimum atomic E-state index is -0.710. The molecule has 3 aliphatic heterocycles. The van der Waals surface area contributed by atoms with Gasteiger partial charge in [0, 0.05) is 57.8 Å². The maximum Gasteiger partial charge on any atom is 0.245 e. The van der Waals surface area contributed by atoms with Crippen LogP contribution in [0.1, 0.15) is 69.6 Å². The van der Waals surface area contributed by atoms with E-state index < -0.39 is 6.04 Å². The monoisotopic (exact) mass is 605 g/mol. The lowest BCUT2D eigenvalue weighted by atomic mass is 9.90. The van der Waals surface area contributed by atoms with Gasteiger partial charge in [0.25, 0.3) is 0 Å². The molecule has 2 amide bonds. The van der Waals surface area contributed by atoms with Crippen molar-refractivity contribution >= 4 is 11.8 Å². The van der Waals surface area contributed by atoms with E-state index in [2.05, 4.69) is 48.1 Å². The number of hydrogen-bond donors (Lipinski definition) is 2. The van der Waals surface area contributed by atoms with E-state index in [1.165, 1.54) is 25.0 Å². The summed E-state index contributed by atoms with van der Waals surface area (Å²) in [5, 5.41) is 6.50. The average Bonchev–Trinajstić information content (AvgIpc) is 3.50. The third-order valence-electron chi connectivity index (χ3n) is 9.55. The normalized spacial score (nSPS) is 22.0. The summed E-state index contributed by atoms with van der Waals surface area (Å²) in [5.74, 6) is 0.367. The fourth-order valence-electron chi connectivity index (χ4n) is 7.46. The lowest BCUT2D eigenvalue weighted by Crippen LogP contribution is -2.53. The summed E-state index contributed by atoms with van der Waals surface area (Å²) in [4.78, 5) is 35.2. The minimum Gasteiger partial charge on any atom is -0.343 e. The second-order valence-electron chi connectivity index (χ2n) is 14.0. The molecule has 44 heavy (non-hydrogen) atoms. The zero-order chi connectivity index (χ0) is 31.2. The predicted octanol–water partition coefficient (Wildman–Crippen LogP) is 4.42. The van der Waals surface area contributed by atoms with E-state index >= 15 is 0 Å². The molecular formula is C36H52FN5O2. The molecule has 0 unspecified atom stereocenters. The van der Waals surface area contributed by atoms with Crippen molar-refractivity contribution in [3.05, 3.63) is 71.0 Å². The second-order valence-corrected chi connectivity index (χ2v) is 14.0. The molecule has 3 atom stereocenters. The van der Waals surface area contributed by atoms with E-state index in [1.54, 1.807) is 12.1 Å². The molecule has 8 heteroatoms. The molecule has 2 aromatic rings. The van der Waals surface area contributed by atoms with Gasteiger partial charge in [0.15, 0.2) is 0 Å². The Balaban J connectivity index is 1.29. The van der Waals surface area contributed by atoms with Crippen molar-refractivity contribution in [3.63, 3.8) is 0 Å². The van der Waals surface area contributed by atoms with Crippen LogP contribution in [0.2, 0.25) is 0 Å². The number of likely N-dealkylation sites (tertiary alicyclic amines) is 2. The maximum absolute atomic E-state index is 14.2. The molecule has 0 bridgehead atoms. The number of halogens is 1. The van der Waals surface area contributed by atoms with Gasteiger partial charge in [-0.05, 0) is 73.0 Å². The standard InChI is InChI=1S/C36H52FN5O2/c1-25(2)22-40-16-13-30(14-17-40)42(23-26(3)4)31-15-18-41(24-31)36(44)34(19-27-9-11-29(37)12-10-27)39-35(43)33-21-38-20-28-7-5-6-8-32(28)33/h5-12,25-26,30-31,33-34,38H,13-24H2,1-4H3,(H,39,43)/t31-,33+,34+/m0/s1. The van der Waals surface area contributed by atoms with Gasteiger partial charge in [-0.15, -0.1) is 0 Å². The topological polar surface area (TPSA) is 67.9 Å². The molecule has 0 saturated carbocycles. The van der Waals surface area contributed by atoms with Crippen molar-refractivity contribution in [2.24, 2.45) is 11.8 Å². The first-order valence-corrected chi connectivity index (χ1v) is 16.8. The van der Waals surface area contributed by atoms with Gasteiger partial charge in [-0.3, -0.25) is 14.5 Å². The highest BCUT2D eigenvalue weighted by Crippen LogP contribution is 2.27. The Kier molecular flexibility index (Phi) is 11.1. The van der Waals surface area contributed by atoms with E-state index in [0.29, 0.717) is 50.0 Å². The third-order valence-corrected chi connectivity index (χ3v) is 9.55. The summed E-state index contributed by atoms with van der Waals surface area (Å²) < 4.78 is 13.7. The number of hydrogen-bond acceptors (Lipinski definition) is 5. The summed E-state index contributed by atoms with van der Waals surface area (Å²) >= 11 is 0. The van der Waals surface area contributed by atoms with Gasteiger partial charge in [-0.1, -0.05) is 64.1 Å². The highest BCUT2D eigenvalue weighted by molar-refractivity contribution is 5.91. The van der Waals surface area contributed by atoms with Crippen molar-refractivity contribution in [3.8, 4) is 0 Å². The highest BCUT2D eigenvalue weighted by atomic mass is 19.1. The van der Waals surface area contributed by atoms with Crippen LogP contribution >= 0.6 is 0 Å². The van der Waals surface area contributed by atoms with Crippen molar-refractivity contribution in [1.29, 1.82) is 0 Å². The number of carbonyl (C=O) groups excluding carboxylic acids is 2. The van der Waals surface area contributed by atoms with Gasteiger partial charge >= 0.3 is 0 Å². The lowest BCUT2D eigenvalue weighted by Gasteiger charge is -2.42. The van der Waals surface area contributed by atoms with Gasteiger partial charge in [0.1, 0.15) is 11.9 Å². The van der Waals surface area contributed by atoms with Crippen LogP contribution in [0.3, 0.4) is 0 Å². The summed E-state index contributed by atoms with van der Waals surface area (Å²) in [7, 11) is 0. The number of amides is 2. The largest absolute Gasteiger partial charge is 0.343 e.